The van der Waals surface area contributed by atoms with E-state index in [0.717, 1.165) is 17.3 Å². The standard InChI is InChI=1S/C18H16F3N3O3S/c1-10(11-6-4-3-5-7-11)22-17(2)23-16(25)13-8-12(18(19,20)21)9-14(24(26)27)15(13)28-17/h3-10,22H,1-2H3,(H,23,25)/t10-,17?/m1/s1. The Morgan fingerprint density at radius 1 is 1.25 bits per heavy atom. The van der Waals surface area contributed by atoms with Crippen LogP contribution < -0.4 is 10.6 Å². The molecule has 0 saturated heterocycles. The van der Waals surface area contributed by atoms with E-state index < -0.39 is 33.3 Å². The summed E-state index contributed by atoms with van der Waals surface area (Å²) in [5.41, 5.74) is -1.42. The number of alkyl halides is 3. The first-order valence-electron chi connectivity index (χ1n) is 8.24. The highest BCUT2D eigenvalue weighted by molar-refractivity contribution is 8.01. The van der Waals surface area contributed by atoms with Gasteiger partial charge >= 0.3 is 6.18 Å². The fourth-order valence-corrected chi connectivity index (χ4v) is 4.29. The van der Waals surface area contributed by atoms with Gasteiger partial charge in [-0.15, -0.1) is 0 Å². The Kier molecular flexibility index (Phi) is 5.11. The number of halogens is 3. The number of benzene rings is 2. The highest BCUT2D eigenvalue weighted by Gasteiger charge is 2.42. The average Bonchev–Trinajstić information content (AvgIpc) is 2.60. The molecular formula is C18H16F3N3O3S. The molecule has 0 bridgehead atoms. The molecule has 148 valence electrons. The summed E-state index contributed by atoms with van der Waals surface area (Å²) in [7, 11) is 0. The molecule has 6 nitrogen and oxygen atoms in total. The number of thioether (sulfide) groups is 1. The van der Waals surface area contributed by atoms with Gasteiger partial charge < -0.3 is 5.32 Å². The molecule has 2 aromatic rings. The number of hydrogen-bond donors (Lipinski definition) is 2. The van der Waals surface area contributed by atoms with Crippen LogP contribution in [0.3, 0.4) is 0 Å². The molecule has 0 aliphatic carbocycles. The molecule has 2 N–H and O–H groups in total. The van der Waals surface area contributed by atoms with E-state index in [4.69, 9.17) is 0 Å². The molecule has 1 unspecified atom stereocenters. The summed E-state index contributed by atoms with van der Waals surface area (Å²) in [5.74, 6) is -0.807. The zero-order chi connectivity index (χ0) is 20.7. The summed E-state index contributed by atoms with van der Waals surface area (Å²) in [6.45, 7) is 3.46. The Morgan fingerprint density at radius 2 is 1.89 bits per heavy atom. The first-order valence-corrected chi connectivity index (χ1v) is 9.05. The van der Waals surface area contributed by atoms with Crippen molar-refractivity contribution in [3.05, 3.63) is 69.3 Å². The molecule has 0 spiro atoms. The summed E-state index contributed by atoms with van der Waals surface area (Å²) < 4.78 is 39.2. The van der Waals surface area contributed by atoms with E-state index in [-0.39, 0.29) is 16.5 Å². The molecule has 10 heteroatoms. The van der Waals surface area contributed by atoms with E-state index in [1.807, 2.05) is 37.3 Å². The van der Waals surface area contributed by atoms with E-state index in [0.29, 0.717) is 12.1 Å². The minimum Gasteiger partial charge on any atom is -0.325 e. The fourth-order valence-electron chi connectivity index (χ4n) is 3.01. The second-order valence-electron chi connectivity index (χ2n) is 6.49. The lowest BCUT2D eigenvalue weighted by atomic mass is 10.1. The fraction of sp³-hybridized carbons (Fsp3) is 0.278. The minimum atomic E-state index is -4.80. The van der Waals surface area contributed by atoms with Gasteiger partial charge in [0.05, 0.1) is 16.1 Å². The number of carbonyl (C=O) groups is 1. The van der Waals surface area contributed by atoms with Gasteiger partial charge in [0.1, 0.15) is 9.89 Å². The zero-order valence-corrected chi connectivity index (χ0v) is 15.6. The Labute approximate surface area is 162 Å². The average molecular weight is 411 g/mol. The Balaban J connectivity index is 1.99. The third kappa shape index (κ3) is 3.97. The van der Waals surface area contributed by atoms with Gasteiger partial charge in [-0.1, -0.05) is 42.1 Å². The summed E-state index contributed by atoms with van der Waals surface area (Å²) in [5, 5.41) is 17.2. The maximum absolute atomic E-state index is 13.1. The number of fused-ring (bicyclic) bond motifs is 1. The molecule has 0 saturated carbocycles. The van der Waals surface area contributed by atoms with E-state index >= 15 is 0 Å². The lowest BCUT2D eigenvalue weighted by molar-refractivity contribution is -0.388. The van der Waals surface area contributed by atoms with Crippen molar-refractivity contribution in [3.63, 3.8) is 0 Å². The van der Waals surface area contributed by atoms with Crippen molar-refractivity contribution in [2.45, 2.75) is 36.0 Å². The van der Waals surface area contributed by atoms with Gasteiger partial charge in [0.25, 0.3) is 11.6 Å². The van der Waals surface area contributed by atoms with Crippen molar-refractivity contribution in [3.8, 4) is 0 Å². The molecule has 1 aliphatic heterocycles. The lowest BCUT2D eigenvalue weighted by Gasteiger charge is -2.37. The quantitative estimate of drug-likeness (QED) is 0.573. The van der Waals surface area contributed by atoms with Crippen LogP contribution in [0.1, 0.15) is 41.4 Å². The van der Waals surface area contributed by atoms with Gasteiger partial charge in [0.15, 0.2) is 0 Å². The van der Waals surface area contributed by atoms with Gasteiger partial charge in [-0.25, -0.2) is 0 Å². The molecule has 28 heavy (non-hydrogen) atoms. The van der Waals surface area contributed by atoms with Gasteiger partial charge in [-0.05, 0) is 25.5 Å². The molecule has 1 heterocycles. The summed E-state index contributed by atoms with van der Waals surface area (Å²) in [6, 6.07) is 10.2. The molecule has 2 aromatic carbocycles. The Hall–Kier alpha value is -2.59. The second kappa shape index (κ2) is 7.10. The van der Waals surface area contributed by atoms with Crippen LogP contribution >= 0.6 is 11.8 Å². The topological polar surface area (TPSA) is 84.3 Å². The molecular weight excluding hydrogens is 395 g/mol. The van der Waals surface area contributed by atoms with Crippen molar-refractivity contribution in [1.82, 2.24) is 10.6 Å². The summed E-state index contributed by atoms with van der Waals surface area (Å²) in [4.78, 5) is 21.8. The third-order valence-electron chi connectivity index (χ3n) is 4.29. The predicted octanol–water partition coefficient (Wildman–Crippen LogP) is 4.47. The van der Waals surface area contributed by atoms with Crippen LogP contribution in [0.4, 0.5) is 18.9 Å². The number of rotatable bonds is 4. The first-order chi connectivity index (χ1) is 13.0. The van der Waals surface area contributed by atoms with Gasteiger partial charge in [-0.2, -0.15) is 13.2 Å². The highest BCUT2D eigenvalue weighted by atomic mass is 32.2. The number of carbonyl (C=O) groups excluding carboxylic acids is 1. The van der Waals surface area contributed by atoms with Crippen LogP contribution in [0.2, 0.25) is 0 Å². The molecule has 0 aromatic heterocycles. The van der Waals surface area contributed by atoms with Gasteiger partial charge in [0, 0.05) is 12.1 Å². The Bertz CT molecular complexity index is 920. The van der Waals surface area contributed by atoms with Gasteiger partial charge in [0.2, 0.25) is 0 Å². The normalized spacial score (nSPS) is 20.2. The minimum absolute atomic E-state index is 0.1000. The number of nitro groups is 1. The number of hydrogen-bond acceptors (Lipinski definition) is 5. The number of nitrogens with zero attached hydrogens (tertiary/aromatic N) is 1. The van der Waals surface area contributed by atoms with Crippen LogP contribution in [0, 0.1) is 10.1 Å². The third-order valence-corrected chi connectivity index (χ3v) is 5.55. The molecule has 0 fully saturated rings. The molecule has 0 radical (unpaired) electrons. The Morgan fingerprint density at radius 3 is 2.46 bits per heavy atom. The second-order valence-corrected chi connectivity index (χ2v) is 7.92. The van der Waals surface area contributed by atoms with Crippen LogP contribution in [-0.4, -0.2) is 15.8 Å². The van der Waals surface area contributed by atoms with Crippen LogP contribution in [0.15, 0.2) is 47.4 Å². The zero-order valence-electron chi connectivity index (χ0n) is 14.8. The van der Waals surface area contributed by atoms with E-state index in [1.54, 1.807) is 6.92 Å². The monoisotopic (exact) mass is 411 g/mol. The molecule has 1 amide bonds. The van der Waals surface area contributed by atoms with Crippen molar-refractivity contribution in [2.75, 3.05) is 0 Å². The number of nitrogens with one attached hydrogen (secondary N) is 2. The van der Waals surface area contributed by atoms with Crippen molar-refractivity contribution in [1.29, 1.82) is 0 Å². The predicted molar refractivity (Wildman–Crippen MR) is 97.8 cm³/mol. The van der Waals surface area contributed by atoms with Crippen LogP contribution in [0.25, 0.3) is 0 Å². The van der Waals surface area contributed by atoms with Crippen molar-refractivity contribution in [2.24, 2.45) is 0 Å². The van der Waals surface area contributed by atoms with E-state index in [1.165, 1.54) is 0 Å². The largest absolute Gasteiger partial charge is 0.416 e. The van der Waals surface area contributed by atoms with Gasteiger partial charge in [-0.3, -0.25) is 20.2 Å². The van der Waals surface area contributed by atoms with Crippen LogP contribution in [-0.2, 0) is 6.18 Å². The number of nitro benzene ring substituents is 1. The smallest absolute Gasteiger partial charge is 0.325 e. The van der Waals surface area contributed by atoms with Crippen molar-refractivity contribution < 1.29 is 22.9 Å². The maximum Gasteiger partial charge on any atom is 0.416 e. The first kappa shape index (κ1) is 20.2. The highest BCUT2D eigenvalue weighted by Crippen LogP contribution is 2.45. The van der Waals surface area contributed by atoms with Crippen LogP contribution in [0.5, 0.6) is 0 Å². The summed E-state index contributed by atoms with van der Waals surface area (Å²) in [6.07, 6.45) is -4.80. The maximum atomic E-state index is 13.1. The lowest BCUT2D eigenvalue weighted by Crippen LogP contribution is -2.56. The van der Waals surface area contributed by atoms with E-state index in [2.05, 4.69) is 10.6 Å². The van der Waals surface area contributed by atoms with Crippen molar-refractivity contribution >= 4 is 23.4 Å². The molecule has 2 atom stereocenters. The summed E-state index contributed by atoms with van der Waals surface area (Å²) >= 11 is 0.908. The van der Waals surface area contributed by atoms with E-state index in [9.17, 15) is 28.1 Å². The molecule has 1 aliphatic rings. The SMILES string of the molecule is C[C@@H](NC1(C)NC(=O)c2cc(C(F)(F)F)cc([N+](=O)[O-])c2S1)c1ccccc1. The molecule has 3 rings (SSSR count). The number of amides is 1.